The third kappa shape index (κ3) is 6.28. The highest BCUT2D eigenvalue weighted by Gasteiger charge is 2.11. The van der Waals surface area contributed by atoms with Crippen molar-refractivity contribution in [1.29, 1.82) is 0 Å². The Hall–Kier alpha value is -4.17. The number of rotatable bonds is 10. The van der Waals surface area contributed by atoms with Crippen LogP contribution in [0.25, 0.3) is 22.6 Å². The van der Waals surface area contributed by atoms with E-state index in [9.17, 15) is 4.79 Å². The number of hydrogen-bond acceptors (Lipinski definition) is 7. The summed E-state index contributed by atoms with van der Waals surface area (Å²) < 4.78 is 16.5. The molecule has 0 saturated carbocycles. The summed E-state index contributed by atoms with van der Waals surface area (Å²) in [5.41, 5.74) is 5.74. The number of carbonyl (C=O) groups is 1. The number of benzene rings is 3. The number of aryl methyl sites for hydroxylation is 1. The van der Waals surface area contributed by atoms with Crippen LogP contribution in [0.1, 0.15) is 11.1 Å². The number of hydrogen-bond donors (Lipinski definition) is 1. The summed E-state index contributed by atoms with van der Waals surface area (Å²) in [7, 11) is 5.57. The quantitative estimate of drug-likeness (QED) is 0.343. The predicted molar refractivity (Wildman–Crippen MR) is 139 cm³/mol. The molecule has 4 rings (SSSR count). The maximum absolute atomic E-state index is 12.7. The highest BCUT2D eigenvalue weighted by molar-refractivity contribution is 5.92. The van der Waals surface area contributed by atoms with Crippen LogP contribution in [0.2, 0.25) is 0 Å². The standard InChI is InChI=1S/C28H30N4O4/c1-19-15-22(28-31-29-18-36-28)9-11-24(19)21-7-5-20(6-8-21)16-27(33)30-23-10-12-25(34-4)26(17-23)35-14-13-32(2)3/h5-12,15,17-18H,13-14,16H2,1-4H3,(H,30,33). The molecule has 8 heteroatoms. The molecule has 0 fully saturated rings. The van der Waals surface area contributed by atoms with Crippen molar-refractivity contribution < 1.29 is 18.7 Å². The van der Waals surface area contributed by atoms with Crippen molar-refractivity contribution in [3.63, 3.8) is 0 Å². The van der Waals surface area contributed by atoms with Gasteiger partial charge in [0.25, 0.3) is 0 Å². The lowest BCUT2D eigenvalue weighted by atomic mass is 9.97. The van der Waals surface area contributed by atoms with Crippen LogP contribution in [-0.2, 0) is 11.2 Å². The number of amides is 1. The first-order valence-corrected chi connectivity index (χ1v) is 11.6. The maximum atomic E-state index is 12.7. The van der Waals surface area contributed by atoms with Crippen molar-refractivity contribution in [3.05, 3.63) is 78.2 Å². The number of aromatic nitrogens is 2. The molecule has 186 valence electrons. The topological polar surface area (TPSA) is 89.7 Å². The number of carbonyl (C=O) groups excluding carboxylic acids is 1. The van der Waals surface area contributed by atoms with Gasteiger partial charge in [0.2, 0.25) is 18.2 Å². The van der Waals surface area contributed by atoms with Gasteiger partial charge in [0, 0.05) is 23.9 Å². The zero-order valence-corrected chi connectivity index (χ0v) is 20.9. The first kappa shape index (κ1) is 24.9. The first-order valence-electron chi connectivity index (χ1n) is 11.6. The first-order chi connectivity index (χ1) is 17.4. The monoisotopic (exact) mass is 486 g/mol. The van der Waals surface area contributed by atoms with E-state index >= 15 is 0 Å². The summed E-state index contributed by atoms with van der Waals surface area (Å²) in [4.78, 5) is 14.7. The average Bonchev–Trinajstić information content (AvgIpc) is 3.40. The number of ether oxygens (including phenoxy) is 2. The highest BCUT2D eigenvalue weighted by atomic mass is 16.5. The zero-order chi connectivity index (χ0) is 25.5. The molecule has 0 aliphatic rings. The molecule has 0 aliphatic carbocycles. The normalized spacial score (nSPS) is 10.9. The molecule has 1 aromatic heterocycles. The molecule has 1 heterocycles. The van der Waals surface area contributed by atoms with Gasteiger partial charge in [-0.15, -0.1) is 10.2 Å². The number of nitrogens with one attached hydrogen (secondary N) is 1. The van der Waals surface area contributed by atoms with Crippen molar-refractivity contribution >= 4 is 11.6 Å². The summed E-state index contributed by atoms with van der Waals surface area (Å²) in [6, 6.07) is 19.4. The minimum atomic E-state index is -0.104. The second kappa shape index (κ2) is 11.5. The van der Waals surface area contributed by atoms with Crippen LogP contribution < -0.4 is 14.8 Å². The molecule has 0 atom stereocenters. The van der Waals surface area contributed by atoms with Gasteiger partial charge < -0.3 is 24.1 Å². The average molecular weight is 487 g/mol. The number of likely N-dealkylation sites (N-methyl/N-ethyl adjacent to an activating group) is 1. The van der Waals surface area contributed by atoms with Gasteiger partial charge in [0.05, 0.1) is 13.5 Å². The molecule has 1 N–H and O–H groups in total. The van der Waals surface area contributed by atoms with Gasteiger partial charge in [-0.2, -0.15) is 0 Å². The third-order valence-electron chi connectivity index (χ3n) is 5.71. The molecule has 36 heavy (non-hydrogen) atoms. The molecule has 0 spiro atoms. The molecule has 3 aromatic carbocycles. The van der Waals surface area contributed by atoms with Gasteiger partial charge in [-0.3, -0.25) is 4.79 Å². The number of methoxy groups -OCH3 is 1. The Morgan fingerprint density at radius 2 is 1.78 bits per heavy atom. The predicted octanol–water partition coefficient (Wildman–Crippen LogP) is 4.84. The molecule has 0 unspecified atom stereocenters. The number of nitrogens with zero attached hydrogens (tertiary/aromatic N) is 3. The summed E-state index contributed by atoms with van der Waals surface area (Å²) in [5, 5.41) is 10.6. The number of anilines is 1. The van der Waals surface area contributed by atoms with E-state index in [-0.39, 0.29) is 12.3 Å². The van der Waals surface area contributed by atoms with Gasteiger partial charge in [0.1, 0.15) is 6.61 Å². The van der Waals surface area contributed by atoms with E-state index < -0.39 is 0 Å². The van der Waals surface area contributed by atoms with Crippen LogP contribution >= 0.6 is 0 Å². The van der Waals surface area contributed by atoms with Gasteiger partial charge in [-0.25, -0.2) is 0 Å². The van der Waals surface area contributed by atoms with Crippen LogP contribution in [-0.4, -0.2) is 55.4 Å². The van der Waals surface area contributed by atoms with Crippen molar-refractivity contribution in [2.45, 2.75) is 13.3 Å². The molecular weight excluding hydrogens is 456 g/mol. The lowest BCUT2D eigenvalue weighted by Crippen LogP contribution is -2.19. The van der Waals surface area contributed by atoms with Gasteiger partial charge in [0.15, 0.2) is 11.5 Å². The smallest absolute Gasteiger partial charge is 0.247 e. The summed E-state index contributed by atoms with van der Waals surface area (Å²) >= 11 is 0. The molecule has 0 radical (unpaired) electrons. The summed E-state index contributed by atoms with van der Waals surface area (Å²) in [6.07, 6.45) is 1.58. The van der Waals surface area contributed by atoms with Crippen LogP contribution in [0, 0.1) is 6.92 Å². The van der Waals surface area contributed by atoms with E-state index in [2.05, 4.69) is 15.5 Å². The summed E-state index contributed by atoms with van der Waals surface area (Å²) in [6.45, 7) is 3.34. The van der Waals surface area contributed by atoms with Crippen LogP contribution in [0.3, 0.4) is 0 Å². The van der Waals surface area contributed by atoms with Crippen molar-refractivity contribution in [2.24, 2.45) is 0 Å². The lowest BCUT2D eigenvalue weighted by Gasteiger charge is -2.15. The minimum absolute atomic E-state index is 0.104. The SMILES string of the molecule is COc1ccc(NC(=O)Cc2ccc(-c3ccc(-c4nnco4)cc3C)cc2)cc1OCCN(C)C. The van der Waals surface area contributed by atoms with E-state index in [1.54, 1.807) is 25.3 Å². The van der Waals surface area contributed by atoms with Gasteiger partial charge in [-0.05, 0) is 67.5 Å². The van der Waals surface area contributed by atoms with Crippen LogP contribution in [0.15, 0.2) is 71.5 Å². The Morgan fingerprint density at radius 3 is 2.44 bits per heavy atom. The minimum Gasteiger partial charge on any atom is -0.493 e. The van der Waals surface area contributed by atoms with Crippen molar-refractivity contribution in [1.82, 2.24) is 15.1 Å². The second-order valence-corrected chi connectivity index (χ2v) is 8.71. The van der Waals surface area contributed by atoms with E-state index in [1.807, 2.05) is 68.4 Å². The van der Waals surface area contributed by atoms with Crippen molar-refractivity contribution in [3.8, 4) is 34.1 Å². The van der Waals surface area contributed by atoms with Crippen LogP contribution in [0.4, 0.5) is 5.69 Å². The Balaban J connectivity index is 1.39. The fraction of sp³-hybridized carbons (Fsp3) is 0.250. The van der Waals surface area contributed by atoms with Crippen LogP contribution in [0.5, 0.6) is 11.5 Å². The highest BCUT2D eigenvalue weighted by Crippen LogP contribution is 2.31. The molecule has 4 aromatic rings. The Kier molecular flexibility index (Phi) is 7.97. The molecule has 0 aliphatic heterocycles. The van der Waals surface area contributed by atoms with Gasteiger partial charge >= 0.3 is 0 Å². The second-order valence-electron chi connectivity index (χ2n) is 8.71. The zero-order valence-electron chi connectivity index (χ0n) is 20.9. The molecule has 0 saturated heterocycles. The van der Waals surface area contributed by atoms with E-state index in [0.29, 0.717) is 29.7 Å². The summed E-state index contributed by atoms with van der Waals surface area (Å²) in [5.74, 6) is 1.62. The van der Waals surface area contributed by atoms with Gasteiger partial charge in [-0.1, -0.05) is 30.3 Å². The molecular formula is C28H30N4O4. The Morgan fingerprint density at radius 1 is 1.00 bits per heavy atom. The largest absolute Gasteiger partial charge is 0.493 e. The fourth-order valence-corrected chi connectivity index (χ4v) is 3.82. The van der Waals surface area contributed by atoms with E-state index in [0.717, 1.165) is 34.4 Å². The van der Waals surface area contributed by atoms with E-state index in [1.165, 1.54) is 6.39 Å². The Labute approximate surface area is 210 Å². The Bertz CT molecular complexity index is 1300. The molecule has 8 nitrogen and oxygen atoms in total. The van der Waals surface area contributed by atoms with E-state index in [4.69, 9.17) is 13.9 Å². The van der Waals surface area contributed by atoms with Crippen molar-refractivity contribution in [2.75, 3.05) is 39.7 Å². The molecule has 1 amide bonds. The lowest BCUT2D eigenvalue weighted by molar-refractivity contribution is -0.115. The maximum Gasteiger partial charge on any atom is 0.247 e. The molecule has 0 bridgehead atoms. The third-order valence-corrected chi connectivity index (χ3v) is 5.71. The fourth-order valence-electron chi connectivity index (χ4n) is 3.82.